The fourth-order valence-corrected chi connectivity index (χ4v) is 1.27. The van der Waals surface area contributed by atoms with E-state index >= 15 is 0 Å². The van der Waals surface area contributed by atoms with E-state index in [4.69, 9.17) is 4.74 Å². The van der Waals surface area contributed by atoms with Crippen LogP contribution in [-0.4, -0.2) is 0 Å². The number of hydrogen-bond acceptors (Lipinski definition) is 1. The van der Waals surface area contributed by atoms with Gasteiger partial charge in [0.05, 0.1) is 5.76 Å². The maximum absolute atomic E-state index is 5.69. The van der Waals surface area contributed by atoms with Gasteiger partial charge < -0.3 is 4.74 Å². The summed E-state index contributed by atoms with van der Waals surface area (Å²) in [6.45, 7) is 8.53. The SMILES string of the molecule is C=C(C)/C=C(\CC)OCc1ccccc1. The molecule has 1 aromatic rings. The lowest BCUT2D eigenvalue weighted by atomic mass is 10.2. The van der Waals surface area contributed by atoms with E-state index in [1.54, 1.807) is 0 Å². The second-order valence-electron chi connectivity index (χ2n) is 3.58. The van der Waals surface area contributed by atoms with Crippen molar-refractivity contribution >= 4 is 0 Å². The second-order valence-corrected chi connectivity index (χ2v) is 3.58. The van der Waals surface area contributed by atoms with Gasteiger partial charge in [-0.2, -0.15) is 0 Å². The van der Waals surface area contributed by atoms with Crippen LogP contribution in [0.1, 0.15) is 25.8 Å². The van der Waals surface area contributed by atoms with Gasteiger partial charge in [-0.1, -0.05) is 49.4 Å². The van der Waals surface area contributed by atoms with Gasteiger partial charge in [-0.15, -0.1) is 0 Å². The van der Waals surface area contributed by atoms with Crippen molar-refractivity contribution in [1.82, 2.24) is 0 Å². The molecule has 0 saturated carbocycles. The molecule has 80 valence electrons. The molecule has 0 spiro atoms. The summed E-state index contributed by atoms with van der Waals surface area (Å²) in [7, 11) is 0. The molecule has 0 radical (unpaired) electrons. The van der Waals surface area contributed by atoms with Crippen LogP contribution in [0.4, 0.5) is 0 Å². The highest BCUT2D eigenvalue weighted by Crippen LogP contribution is 2.10. The van der Waals surface area contributed by atoms with Gasteiger partial charge in [0.15, 0.2) is 0 Å². The Balaban J connectivity index is 2.52. The summed E-state index contributed by atoms with van der Waals surface area (Å²) in [5, 5.41) is 0. The van der Waals surface area contributed by atoms with Crippen LogP contribution >= 0.6 is 0 Å². The highest BCUT2D eigenvalue weighted by molar-refractivity contribution is 5.16. The normalized spacial score (nSPS) is 11.2. The molecular formula is C14H18O. The van der Waals surface area contributed by atoms with Crippen molar-refractivity contribution in [2.24, 2.45) is 0 Å². The summed E-state index contributed by atoms with van der Waals surface area (Å²) in [5.41, 5.74) is 2.22. The van der Waals surface area contributed by atoms with Gasteiger partial charge in [-0.05, 0) is 18.6 Å². The van der Waals surface area contributed by atoms with Crippen LogP contribution in [0.5, 0.6) is 0 Å². The zero-order valence-electron chi connectivity index (χ0n) is 9.49. The second kappa shape index (κ2) is 6.07. The van der Waals surface area contributed by atoms with Crippen LogP contribution in [0, 0.1) is 0 Å². The van der Waals surface area contributed by atoms with Gasteiger partial charge in [0.1, 0.15) is 6.61 Å². The molecule has 0 atom stereocenters. The smallest absolute Gasteiger partial charge is 0.113 e. The highest BCUT2D eigenvalue weighted by atomic mass is 16.5. The fraction of sp³-hybridized carbons (Fsp3) is 0.286. The summed E-state index contributed by atoms with van der Waals surface area (Å²) in [5.74, 6) is 0.992. The molecule has 0 unspecified atom stereocenters. The van der Waals surface area contributed by atoms with Crippen molar-refractivity contribution in [3.8, 4) is 0 Å². The number of ether oxygens (including phenoxy) is 1. The first-order valence-corrected chi connectivity index (χ1v) is 5.25. The van der Waals surface area contributed by atoms with E-state index in [0.717, 1.165) is 17.8 Å². The highest BCUT2D eigenvalue weighted by Gasteiger charge is 1.96. The average Bonchev–Trinajstić information content (AvgIpc) is 2.25. The zero-order valence-corrected chi connectivity index (χ0v) is 9.49. The van der Waals surface area contributed by atoms with Gasteiger partial charge in [0, 0.05) is 6.42 Å². The Morgan fingerprint density at radius 2 is 2.00 bits per heavy atom. The molecule has 0 fully saturated rings. The minimum atomic E-state index is 0.633. The molecule has 1 rings (SSSR count). The summed E-state index contributed by atoms with van der Waals surface area (Å²) >= 11 is 0. The summed E-state index contributed by atoms with van der Waals surface area (Å²) in [6.07, 6.45) is 2.89. The van der Waals surface area contributed by atoms with Gasteiger partial charge in [-0.25, -0.2) is 0 Å². The Bertz CT molecular complexity index is 336. The van der Waals surface area contributed by atoms with E-state index in [-0.39, 0.29) is 0 Å². The van der Waals surface area contributed by atoms with Crippen LogP contribution in [0.3, 0.4) is 0 Å². The first-order valence-electron chi connectivity index (χ1n) is 5.25. The number of allylic oxidation sites excluding steroid dienone is 3. The third kappa shape index (κ3) is 4.50. The third-order valence-electron chi connectivity index (χ3n) is 2.02. The summed E-state index contributed by atoms with van der Waals surface area (Å²) in [6, 6.07) is 10.2. The number of rotatable bonds is 5. The van der Waals surface area contributed by atoms with E-state index in [0.29, 0.717) is 6.61 Å². The lowest BCUT2D eigenvalue weighted by Crippen LogP contribution is -1.93. The Morgan fingerprint density at radius 1 is 1.33 bits per heavy atom. The molecule has 0 heterocycles. The number of hydrogen-bond donors (Lipinski definition) is 0. The number of benzene rings is 1. The van der Waals surface area contributed by atoms with Crippen molar-refractivity contribution in [2.75, 3.05) is 0 Å². The topological polar surface area (TPSA) is 9.23 Å². The first kappa shape index (κ1) is 11.6. The molecule has 1 heteroatoms. The van der Waals surface area contributed by atoms with Crippen molar-refractivity contribution in [3.63, 3.8) is 0 Å². The predicted molar refractivity (Wildman–Crippen MR) is 64.4 cm³/mol. The standard InChI is InChI=1S/C14H18O/c1-4-14(10-12(2)3)15-11-13-8-6-5-7-9-13/h5-10H,2,4,11H2,1,3H3/b14-10+. The maximum Gasteiger partial charge on any atom is 0.113 e. The van der Waals surface area contributed by atoms with Crippen molar-refractivity contribution in [2.45, 2.75) is 26.9 Å². The molecule has 15 heavy (non-hydrogen) atoms. The Labute approximate surface area is 92.1 Å². The lowest BCUT2D eigenvalue weighted by molar-refractivity contribution is 0.191. The molecule has 1 nitrogen and oxygen atoms in total. The minimum Gasteiger partial charge on any atom is -0.493 e. The van der Waals surface area contributed by atoms with Crippen LogP contribution in [0.15, 0.2) is 54.3 Å². The zero-order chi connectivity index (χ0) is 11.1. The quantitative estimate of drug-likeness (QED) is 0.516. The van der Waals surface area contributed by atoms with Gasteiger partial charge in [0.2, 0.25) is 0 Å². The van der Waals surface area contributed by atoms with Crippen molar-refractivity contribution in [3.05, 3.63) is 59.9 Å². The monoisotopic (exact) mass is 202 g/mol. The van der Waals surface area contributed by atoms with Gasteiger partial charge in [-0.3, -0.25) is 0 Å². The largest absolute Gasteiger partial charge is 0.493 e. The molecule has 0 aromatic heterocycles. The lowest BCUT2D eigenvalue weighted by Gasteiger charge is -2.08. The molecule has 0 bridgehead atoms. The molecular weight excluding hydrogens is 184 g/mol. The Hall–Kier alpha value is -1.50. The first-order chi connectivity index (χ1) is 7.22. The summed E-state index contributed by atoms with van der Waals surface area (Å²) in [4.78, 5) is 0. The molecule has 0 amide bonds. The van der Waals surface area contributed by atoms with Crippen LogP contribution in [0.2, 0.25) is 0 Å². The van der Waals surface area contributed by atoms with E-state index in [1.165, 1.54) is 5.56 Å². The van der Waals surface area contributed by atoms with Crippen LogP contribution in [0.25, 0.3) is 0 Å². The Kier molecular flexibility index (Phi) is 4.69. The third-order valence-corrected chi connectivity index (χ3v) is 2.02. The van der Waals surface area contributed by atoms with Gasteiger partial charge >= 0.3 is 0 Å². The maximum atomic E-state index is 5.69. The molecule has 0 aliphatic rings. The van der Waals surface area contributed by atoms with Gasteiger partial charge in [0.25, 0.3) is 0 Å². The molecule has 0 aliphatic heterocycles. The van der Waals surface area contributed by atoms with E-state index in [2.05, 4.69) is 25.6 Å². The molecule has 0 N–H and O–H groups in total. The molecule has 1 aromatic carbocycles. The molecule has 0 aliphatic carbocycles. The molecule has 0 saturated heterocycles. The van der Waals surface area contributed by atoms with Crippen LogP contribution in [-0.2, 0) is 11.3 Å². The van der Waals surface area contributed by atoms with E-state index in [9.17, 15) is 0 Å². The van der Waals surface area contributed by atoms with Crippen molar-refractivity contribution < 1.29 is 4.74 Å². The average molecular weight is 202 g/mol. The Morgan fingerprint density at radius 3 is 2.53 bits per heavy atom. The van der Waals surface area contributed by atoms with E-state index < -0.39 is 0 Å². The summed E-state index contributed by atoms with van der Waals surface area (Å²) < 4.78 is 5.69. The van der Waals surface area contributed by atoms with E-state index in [1.807, 2.05) is 31.2 Å². The minimum absolute atomic E-state index is 0.633. The predicted octanol–water partition coefficient (Wildman–Crippen LogP) is 4.07. The van der Waals surface area contributed by atoms with Crippen molar-refractivity contribution in [1.29, 1.82) is 0 Å². The van der Waals surface area contributed by atoms with Crippen LogP contribution < -0.4 is 0 Å². The fourth-order valence-electron chi connectivity index (χ4n) is 1.27.